The molecule has 0 radical (unpaired) electrons. The minimum atomic E-state index is -3.87. The second-order valence-corrected chi connectivity index (χ2v) is 4.23. The molecule has 3 N–H and O–H groups in total. The second-order valence-electron chi connectivity index (χ2n) is 2.91. The molecule has 0 aliphatic heterocycles. The van der Waals surface area contributed by atoms with Gasteiger partial charge in [-0.25, -0.2) is 5.14 Å². The number of rotatable bonds is 4. The van der Waals surface area contributed by atoms with E-state index in [1.165, 1.54) is 7.11 Å². The fourth-order valence-corrected chi connectivity index (χ4v) is 1.48. The number of hydrogen-bond donors (Lipinski definition) is 2. The second kappa shape index (κ2) is 4.54. The Labute approximate surface area is 77.6 Å². The van der Waals surface area contributed by atoms with Crippen molar-refractivity contribution in [1.82, 2.24) is 4.72 Å². The van der Waals surface area contributed by atoms with E-state index in [4.69, 9.17) is 5.14 Å². The molecule has 0 aromatic heterocycles. The van der Waals surface area contributed by atoms with Crippen molar-refractivity contribution in [3.8, 4) is 0 Å². The third-order valence-electron chi connectivity index (χ3n) is 1.41. The van der Waals surface area contributed by atoms with E-state index in [2.05, 4.69) is 4.74 Å². The van der Waals surface area contributed by atoms with Crippen LogP contribution in [0.15, 0.2) is 0 Å². The van der Waals surface area contributed by atoms with E-state index < -0.39 is 22.2 Å². The van der Waals surface area contributed by atoms with Crippen LogP contribution in [0.4, 0.5) is 0 Å². The molecule has 78 valence electrons. The Kier molecular flexibility index (Phi) is 4.31. The molecule has 13 heavy (non-hydrogen) atoms. The number of methoxy groups -OCH3 is 1. The summed E-state index contributed by atoms with van der Waals surface area (Å²) in [5, 5.41) is 4.72. The number of nitrogens with one attached hydrogen (secondary N) is 1. The molecule has 0 aliphatic carbocycles. The van der Waals surface area contributed by atoms with Gasteiger partial charge in [0.05, 0.1) is 7.11 Å². The van der Waals surface area contributed by atoms with Crippen LogP contribution in [-0.4, -0.2) is 27.5 Å². The van der Waals surface area contributed by atoms with Crippen molar-refractivity contribution in [2.24, 2.45) is 11.1 Å². The zero-order chi connectivity index (χ0) is 10.6. The van der Waals surface area contributed by atoms with Crippen LogP contribution in [0.1, 0.15) is 13.8 Å². The van der Waals surface area contributed by atoms with E-state index in [0.29, 0.717) is 0 Å². The number of carbonyl (C=O) groups is 1. The van der Waals surface area contributed by atoms with Gasteiger partial charge < -0.3 is 4.74 Å². The normalized spacial score (nSPS) is 14.2. The van der Waals surface area contributed by atoms with Gasteiger partial charge >= 0.3 is 5.97 Å². The van der Waals surface area contributed by atoms with Crippen molar-refractivity contribution in [2.45, 2.75) is 19.9 Å². The Morgan fingerprint density at radius 3 is 2.15 bits per heavy atom. The van der Waals surface area contributed by atoms with E-state index >= 15 is 0 Å². The lowest BCUT2D eigenvalue weighted by Crippen LogP contribution is -2.47. The minimum Gasteiger partial charge on any atom is -0.468 e. The lowest BCUT2D eigenvalue weighted by atomic mass is 10.1. The summed E-state index contributed by atoms with van der Waals surface area (Å²) in [7, 11) is -2.69. The zero-order valence-corrected chi connectivity index (χ0v) is 8.59. The SMILES string of the molecule is COC(=O)[C@H](NS(N)(=O)=O)C(C)C. The van der Waals surface area contributed by atoms with Crippen LogP contribution in [0, 0.1) is 5.92 Å². The predicted octanol–water partition coefficient (Wildman–Crippen LogP) is -1.02. The number of nitrogens with two attached hydrogens (primary N) is 1. The topological polar surface area (TPSA) is 98.5 Å². The fraction of sp³-hybridized carbons (Fsp3) is 0.833. The molecule has 0 saturated heterocycles. The van der Waals surface area contributed by atoms with Crippen LogP contribution in [0.25, 0.3) is 0 Å². The number of carbonyl (C=O) groups excluding carboxylic acids is 1. The van der Waals surface area contributed by atoms with Crippen LogP contribution in [0.5, 0.6) is 0 Å². The fourth-order valence-electron chi connectivity index (χ4n) is 0.760. The molecule has 1 atom stereocenters. The maximum atomic E-state index is 11.0. The van der Waals surface area contributed by atoms with Gasteiger partial charge in [0.2, 0.25) is 0 Å². The van der Waals surface area contributed by atoms with Crippen LogP contribution < -0.4 is 9.86 Å². The van der Waals surface area contributed by atoms with Crippen LogP contribution in [-0.2, 0) is 19.7 Å². The maximum Gasteiger partial charge on any atom is 0.324 e. The van der Waals surface area contributed by atoms with Crippen molar-refractivity contribution in [3.05, 3.63) is 0 Å². The monoisotopic (exact) mass is 210 g/mol. The quantitative estimate of drug-likeness (QED) is 0.580. The van der Waals surface area contributed by atoms with Crippen molar-refractivity contribution >= 4 is 16.2 Å². The standard InChI is InChI=1S/C6H14N2O4S/c1-4(2)5(6(9)12-3)8-13(7,10)11/h4-5,8H,1-3H3,(H2,7,10,11)/t5-/m1/s1. The molecular weight excluding hydrogens is 196 g/mol. The van der Waals surface area contributed by atoms with Gasteiger partial charge in [-0.2, -0.15) is 13.1 Å². The molecule has 0 aromatic rings. The van der Waals surface area contributed by atoms with Crippen LogP contribution in [0.3, 0.4) is 0 Å². The van der Waals surface area contributed by atoms with E-state index in [9.17, 15) is 13.2 Å². The molecule has 0 amide bonds. The van der Waals surface area contributed by atoms with Gasteiger partial charge in [0.15, 0.2) is 0 Å². The molecule has 0 unspecified atom stereocenters. The molecule has 0 aromatic carbocycles. The number of ether oxygens (including phenoxy) is 1. The largest absolute Gasteiger partial charge is 0.468 e. The average Bonchev–Trinajstić information content (AvgIpc) is 1.96. The highest BCUT2D eigenvalue weighted by atomic mass is 32.2. The van der Waals surface area contributed by atoms with Crippen molar-refractivity contribution < 1.29 is 17.9 Å². The summed E-state index contributed by atoms with van der Waals surface area (Å²) in [6, 6.07) is -0.931. The summed E-state index contributed by atoms with van der Waals surface area (Å²) < 4.78 is 27.6. The van der Waals surface area contributed by atoms with Crippen LogP contribution >= 0.6 is 0 Å². The summed E-state index contributed by atoms with van der Waals surface area (Å²) >= 11 is 0. The molecule has 0 spiro atoms. The summed E-state index contributed by atoms with van der Waals surface area (Å²) in [6.07, 6.45) is 0. The van der Waals surface area contributed by atoms with Crippen molar-refractivity contribution in [3.63, 3.8) is 0 Å². The third kappa shape index (κ3) is 4.81. The van der Waals surface area contributed by atoms with Gasteiger partial charge in [-0.15, -0.1) is 0 Å². The molecule has 0 bridgehead atoms. The Hall–Kier alpha value is -0.660. The van der Waals surface area contributed by atoms with Gasteiger partial charge in [0, 0.05) is 0 Å². The molecule has 0 fully saturated rings. The Morgan fingerprint density at radius 1 is 1.46 bits per heavy atom. The van der Waals surface area contributed by atoms with Crippen LogP contribution in [0.2, 0.25) is 0 Å². The number of hydrogen-bond acceptors (Lipinski definition) is 4. The first-order valence-corrected chi connectivity index (χ1v) is 5.20. The first kappa shape index (κ1) is 12.3. The minimum absolute atomic E-state index is 0.217. The van der Waals surface area contributed by atoms with Gasteiger partial charge in [-0.1, -0.05) is 13.8 Å². The van der Waals surface area contributed by atoms with Crippen molar-refractivity contribution in [1.29, 1.82) is 0 Å². The third-order valence-corrected chi connectivity index (χ3v) is 2.00. The van der Waals surface area contributed by atoms with Gasteiger partial charge in [0.25, 0.3) is 10.2 Å². The van der Waals surface area contributed by atoms with E-state index in [0.717, 1.165) is 0 Å². The Bertz CT molecular complexity index is 272. The highest BCUT2D eigenvalue weighted by Gasteiger charge is 2.26. The zero-order valence-electron chi connectivity index (χ0n) is 7.77. The number of esters is 1. The average molecular weight is 210 g/mol. The van der Waals surface area contributed by atoms with Gasteiger partial charge in [0.1, 0.15) is 6.04 Å². The first-order chi connectivity index (χ1) is 5.78. The maximum absolute atomic E-state index is 11.0. The molecule has 0 aliphatic rings. The molecule has 6 nitrogen and oxygen atoms in total. The Morgan fingerprint density at radius 2 is 1.92 bits per heavy atom. The molecule has 7 heteroatoms. The molecule has 0 heterocycles. The predicted molar refractivity (Wildman–Crippen MR) is 46.9 cm³/mol. The highest BCUT2D eigenvalue weighted by molar-refractivity contribution is 7.87. The lowest BCUT2D eigenvalue weighted by molar-refractivity contribution is -0.143. The summed E-state index contributed by atoms with van der Waals surface area (Å²) in [5.74, 6) is -0.866. The van der Waals surface area contributed by atoms with Crippen molar-refractivity contribution in [2.75, 3.05) is 7.11 Å². The van der Waals surface area contributed by atoms with E-state index in [-0.39, 0.29) is 5.92 Å². The lowest BCUT2D eigenvalue weighted by Gasteiger charge is -2.17. The van der Waals surface area contributed by atoms with E-state index in [1.807, 2.05) is 4.72 Å². The first-order valence-electron chi connectivity index (χ1n) is 3.66. The van der Waals surface area contributed by atoms with E-state index in [1.54, 1.807) is 13.8 Å². The smallest absolute Gasteiger partial charge is 0.324 e. The summed E-state index contributed by atoms with van der Waals surface area (Å²) in [5.41, 5.74) is 0. The Balaban J connectivity index is 4.55. The highest BCUT2D eigenvalue weighted by Crippen LogP contribution is 2.03. The van der Waals surface area contributed by atoms with Gasteiger partial charge in [-0.05, 0) is 5.92 Å². The molecular formula is C6H14N2O4S. The summed E-state index contributed by atoms with van der Waals surface area (Å²) in [4.78, 5) is 11.0. The molecule has 0 saturated carbocycles. The molecule has 0 rings (SSSR count). The summed E-state index contributed by atoms with van der Waals surface area (Å²) in [6.45, 7) is 3.36. The van der Waals surface area contributed by atoms with Gasteiger partial charge in [-0.3, -0.25) is 4.79 Å².